The van der Waals surface area contributed by atoms with Crippen molar-refractivity contribution in [2.75, 3.05) is 44.1 Å². The molecule has 8 nitrogen and oxygen atoms in total. The molecule has 2 N–H and O–H groups in total. The van der Waals surface area contributed by atoms with Crippen LogP contribution in [0.15, 0.2) is 41.3 Å². The lowest BCUT2D eigenvalue weighted by molar-refractivity contribution is -0.118. The van der Waals surface area contributed by atoms with Gasteiger partial charge in [-0.1, -0.05) is 19.9 Å². The Morgan fingerprint density at radius 3 is 2.36 bits per heavy atom. The fraction of sp³-hybridized carbons (Fsp3) is 0.458. The Hall–Kier alpha value is -2.78. The van der Waals surface area contributed by atoms with Crippen LogP contribution in [-0.2, 0) is 21.2 Å². The minimum absolute atomic E-state index is 0.159. The molecule has 0 unspecified atom stereocenters. The van der Waals surface area contributed by atoms with Crippen molar-refractivity contribution in [2.45, 2.75) is 38.0 Å². The van der Waals surface area contributed by atoms with Gasteiger partial charge in [0.1, 0.15) is 4.90 Å². The van der Waals surface area contributed by atoms with Gasteiger partial charge in [0.25, 0.3) is 0 Å². The molecule has 9 heteroatoms. The van der Waals surface area contributed by atoms with Crippen LogP contribution in [0.4, 0.5) is 11.4 Å². The number of ether oxygens (including phenoxy) is 2. The summed E-state index contributed by atoms with van der Waals surface area (Å²) in [6.07, 6.45) is 2.54. The molecule has 1 amide bonds. The lowest BCUT2D eigenvalue weighted by Gasteiger charge is -2.22. The third kappa shape index (κ3) is 6.17. The number of carbonyl (C=O) groups excluding carboxylic acids is 1. The van der Waals surface area contributed by atoms with Crippen LogP contribution >= 0.6 is 0 Å². The molecule has 2 aromatic carbocycles. The lowest BCUT2D eigenvalue weighted by atomic mass is 10.1. The van der Waals surface area contributed by atoms with Gasteiger partial charge in [-0.3, -0.25) is 4.79 Å². The van der Waals surface area contributed by atoms with E-state index in [9.17, 15) is 13.2 Å². The van der Waals surface area contributed by atoms with Gasteiger partial charge in [0, 0.05) is 31.2 Å². The van der Waals surface area contributed by atoms with Crippen LogP contribution in [0.25, 0.3) is 0 Å². The van der Waals surface area contributed by atoms with E-state index < -0.39 is 10.0 Å². The van der Waals surface area contributed by atoms with Crippen LogP contribution in [0.5, 0.6) is 11.5 Å². The Morgan fingerprint density at radius 1 is 1.03 bits per heavy atom. The fourth-order valence-corrected chi connectivity index (χ4v) is 5.04. The summed E-state index contributed by atoms with van der Waals surface area (Å²) in [6, 6.07) is 10.6. The molecule has 2 aromatic rings. The van der Waals surface area contributed by atoms with Gasteiger partial charge in [0.2, 0.25) is 15.9 Å². The zero-order chi connectivity index (χ0) is 24.0. The van der Waals surface area contributed by atoms with Gasteiger partial charge in [0.05, 0.1) is 19.9 Å². The van der Waals surface area contributed by atoms with E-state index in [4.69, 9.17) is 9.47 Å². The van der Waals surface area contributed by atoms with Crippen molar-refractivity contribution in [3.8, 4) is 11.5 Å². The predicted octanol–water partition coefficient (Wildman–Crippen LogP) is 3.42. The van der Waals surface area contributed by atoms with E-state index in [-0.39, 0.29) is 23.3 Å². The number of sulfonamides is 1. The van der Waals surface area contributed by atoms with Crippen molar-refractivity contribution < 1.29 is 22.7 Å². The highest BCUT2D eigenvalue weighted by Gasteiger charge is 2.24. The highest BCUT2D eigenvalue weighted by Crippen LogP contribution is 2.31. The van der Waals surface area contributed by atoms with E-state index in [1.807, 2.05) is 12.1 Å². The van der Waals surface area contributed by atoms with E-state index in [1.54, 1.807) is 52.3 Å². The number of nitrogens with zero attached hydrogens (tertiary/aromatic N) is 1. The van der Waals surface area contributed by atoms with Crippen molar-refractivity contribution in [3.05, 3.63) is 42.0 Å². The summed E-state index contributed by atoms with van der Waals surface area (Å²) in [4.78, 5) is 14.4. The highest BCUT2D eigenvalue weighted by molar-refractivity contribution is 7.89. The molecule has 0 spiro atoms. The van der Waals surface area contributed by atoms with E-state index in [0.29, 0.717) is 29.3 Å². The van der Waals surface area contributed by atoms with Gasteiger partial charge in [-0.25, -0.2) is 13.1 Å². The number of carbonyl (C=O) groups is 1. The molecule has 0 saturated carbocycles. The molecule has 0 radical (unpaired) electrons. The molecule has 33 heavy (non-hydrogen) atoms. The topological polar surface area (TPSA) is 97.0 Å². The monoisotopic (exact) mass is 475 g/mol. The summed E-state index contributed by atoms with van der Waals surface area (Å²) in [5.74, 6) is 0.858. The summed E-state index contributed by atoms with van der Waals surface area (Å²) >= 11 is 0. The number of anilines is 2. The summed E-state index contributed by atoms with van der Waals surface area (Å²) in [5.41, 5.74) is 2.05. The van der Waals surface area contributed by atoms with Gasteiger partial charge in [-0.2, -0.15) is 0 Å². The number of hydrogen-bond donors (Lipinski definition) is 2. The van der Waals surface area contributed by atoms with E-state index in [2.05, 4.69) is 14.9 Å². The number of rotatable bonds is 10. The Balaban J connectivity index is 1.80. The molecule has 1 saturated heterocycles. The van der Waals surface area contributed by atoms with Gasteiger partial charge < -0.3 is 19.7 Å². The summed E-state index contributed by atoms with van der Waals surface area (Å²) in [7, 11) is -0.669. The summed E-state index contributed by atoms with van der Waals surface area (Å²) < 4.78 is 39.9. The number of hydrogen-bond acceptors (Lipinski definition) is 6. The average molecular weight is 476 g/mol. The normalized spacial score (nSPS) is 13.9. The molecule has 1 heterocycles. The smallest absolute Gasteiger partial charge is 0.242 e. The zero-order valence-corrected chi connectivity index (χ0v) is 20.5. The van der Waals surface area contributed by atoms with Crippen molar-refractivity contribution in [1.29, 1.82) is 0 Å². The molecule has 0 atom stereocenters. The largest absolute Gasteiger partial charge is 0.493 e. The van der Waals surface area contributed by atoms with Gasteiger partial charge in [-0.05, 0) is 55.2 Å². The molecular formula is C24H33N3O5S. The predicted molar refractivity (Wildman–Crippen MR) is 130 cm³/mol. The first-order valence-corrected chi connectivity index (χ1v) is 12.6. The van der Waals surface area contributed by atoms with E-state index >= 15 is 0 Å². The molecule has 1 aliphatic heterocycles. The third-order valence-corrected chi connectivity index (χ3v) is 7.13. The Bertz CT molecular complexity index is 1080. The maximum absolute atomic E-state index is 13.3. The second kappa shape index (κ2) is 10.9. The molecule has 0 aliphatic carbocycles. The zero-order valence-electron chi connectivity index (χ0n) is 19.7. The van der Waals surface area contributed by atoms with Crippen molar-refractivity contribution >= 4 is 27.3 Å². The first-order chi connectivity index (χ1) is 15.7. The van der Waals surface area contributed by atoms with Crippen LogP contribution in [0.3, 0.4) is 0 Å². The number of nitrogens with one attached hydrogen (secondary N) is 2. The van der Waals surface area contributed by atoms with Crippen LogP contribution in [-0.4, -0.2) is 48.2 Å². The first kappa shape index (κ1) is 24.9. The van der Waals surface area contributed by atoms with E-state index in [1.165, 1.54) is 0 Å². The van der Waals surface area contributed by atoms with Gasteiger partial charge in [0.15, 0.2) is 11.5 Å². The minimum atomic E-state index is -3.80. The van der Waals surface area contributed by atoms with Crippen molar-refractivity contribution in [1.82, 2.24) is 4.72 Å². The van der Waals surface area contributed by atoms with Crippen LogP contribution < -0.4 is 24.4 Å². The molecule has 0 aromatic heterocycles. The van der Waals surface area contributed by atoms with Gasteiger partial charge in [-0.15, -0.1) is 0 Å². The van der Waals surface area contributed by atoms with Crippen LogP contribution in [0.1, 0.15) is 32.3 Å². The highest BCUT2D eigenvalue weighted by atomic mass is 32.2. The summed E-state index contributed by atoms with van der Waals surface area (Å²) in [6.45, 7) is 5.43. The first-order valence-electron chi connectivity index (χ1n) is 11.2. The Kier molecular flexibility index (Phi) is 8.20. The maximum Gasteiger partial charge on any atom is 0.242 e. The van der Waals surface area contributed by atoms with Crippen molar-refractivity contribution in [2.24, 2.45) is 5.92 Å². The van der Waals surface area contributed by atoms with Gasteiger partial charge >= 0.3 is 0 Å². The molecule has 3 rings (SSSR count). The number of amides is 1. The number of benzene rings is 2. The molecule has 1 fully saturated rings. The molecular weight excluding hydrogens is 442 g/mol. The number of methoxy groups -OCH3 is 2. The molecule has 1 aliphatic rings. The lowest BCUT2D eigenvalue weighted by Crippen LogP contribution is -2.29. The Labute approximate surface area is 196 Å². The SMILES string of the molecule is COc1ccc(CCNS(=O)(=O)c2cc(NC(=O)C(C)C)ccc2N2CCCC2)cc1OC. The quantitative estimate of drug-likeness (QED) is 0.547. The minimum Gasteiger partial charge on any atom is -0.493 e. The fourth-order valence-electron chi connectivity index (χ4n) is 3.76. The second-order valence-corrected chi connectivity index (χ2v) is 10.1. The molecule has 180 valence electrons. The standard InChI is InChI=1S/C24H33N3O5S/c1-17(2)24(28)26-19-8-9-20(27-13-5-6-14-27)23(16-19)33(29,30)25-12-11-18-7-10-21(31-3)22(15-18)32-4/h7-10,15-17,25H,5-6,11-14H2,1-4H3,(H,26,28). The maximum atomic E-state index is 13.3. The summed E-state index contributed by atoms with van der Waals surface area (Å²) in [5, 5.41) is 2.80. The Morgan fingerprint density at radius 2 is 1.73 bits per heavy atom. The second-order valence-electron chi connectivity index (χ2n) is 8.36. The van der Waals surface area contributed by atoms with Crippen LogP contribution in [0.2, 0.25) is 0 Å². The average Bonchev–Trinajstić information content (AvgIpc) is 3.33. The third-order valence-electron chi connectivity index (χ3n) is 5.64. The van der Waals surface area contributed by atoms with Crippen molar-refractivity contribution in [3.63, 3.8) is 0 Å². The van der Waals surface area contributed by atoms with Crippen LogP contribution in [0, 0.1) is 5.92 Å². The molecule has 0 bridgehead atoms. The van der Waals surface area contributed by atoms with E-state index in [0.717, 1.165) is 31.5 Å².